The zero-order chi connectivity index (χ0) is 21.4. The molecule has 164 valence electrons. The number of aryl methyl sites for hydroxylation is 1. The van der Waals surface area contributed by atoms with Crippen molar-refractivity contribution in [3.05, 3.63) is 46.9 Å². The van der Waals surface area contributed by atoms with Crippen LogP contribution in [0, 0.1) is 12.8 Å². The molecule has 2 aromatic rings. The molecule has 2 saturated carbocycles. The number of aromatic nitrogens is 2. The number of hydrogen-bond acceptors (Lipinski definition) is 5. The topological polar surface area (TPSA) is 58.6 Å². The standard InChI is InChI=1S/C25H32N4O2/c1-17-22(16-18-6-10-21(31-2)11-7-18)24(27-23(26-17)19-8-9-19)28-12-14-29(15-13-28)25(30)20-4-3-5-20/h6-7,10-11,19-20H,3-5,8-9,12-16H2,1-2H3. The third-order valence-electron chi connectivity index (χ3n) is 7.04. The van der Waals surface area contributed by atoms with Gasteiger partial charge in [-0.3, -0.25) is 4.79 Å². The van der Waals surface area contributed by atoms with Gasteiger partial charge in [0.15, 0.2) is 0 Å². The van der Waals surface area contributed by atoms with Gasteiger partial charge >= 0.3 is 0 Å². The quantitative estimate of drug-likeness (QED) is 0.713. The Morgan fingerprint density at radius 2 is 1.74 bits per heavy atom. The van der Waals surface area contributed by atoms with Gasteiger partial charge in [-0.2, -0.15) is 0 Å². The molecule has 0 unspecified atom stereocenters. The molecule has 1 aromatic heterocycles. The lowest BCUT2D eigenvalue weighted by Gasteiger charge is -2.39. The number of carbonyl (C=O) groups excluding carboxylic acids is 1. The van der Waals surface area contributed by atoms with Crippen LogP contribution in [0.3, 0.4) is 0 Å². The molecular weight excluding hydrogens is 388 g/mol. The van der Waals surface area contributed by atoms with Gasteiger partial charge in [-0.1, -0.05) is 18.6 Å². The number of methoxy groups -OCH3 is 1. The molecule has 6 heteroatoms. The van der Waals surface area contributed by atoms with Crippen LogP contribution in [0.5, 0.6) is 5.75 Å². The summed E-state index contributed by atoms with van der Waals surface area (Å²) in [7, 11) is 1.69. The number of anilines is 1. The summed E-state index contributed by atoms with van der Waals surface area (Å²) in [6, 6.07) is 8.25. The summed E-state index contributed by atoms with van der Waals surface area (Å²) >= 11 is 0. The Bertz CT molecular complexity index is 943. The summed E-state index contributed by atoms with van der Waals surface area (Å²) in [6.07, 6.45) is 6.54. The maximum atomic E-state index is 12.7. The van der Waals surface area contributed by atoms with Crippen molar-refractivity contribution in [1.29, 1.82) is 0 Å². The van der Waals surface area contributed by atoms with Crippen LogP contribution in [0.4, 0.5) is 5.82 Å². The van der Waals surface area contributed by atoms with Crippen LogP contribution in [-0.4, -0.2) is 54.1 Å². The fourth-order valence-corrected chi connectivity index (χ4v) is 4.59. The van der Waals surface area contributed by atoms with Crippen LogP contribution in [0.15, 0.2) is 24.3 Å². The number of hydrogen-bond donors (Lipinski definition) is 0. The van der Waals surface area contributed by atoms with Crippen LogP contribution < -0.4 is 9.64 Å². The minimum Gasteiger partial charge on any atom is -0.497 e. The number of carbonyl (C=O) groups is 1. The molecule has 1 aliphatic heterocycles. The van der Waals surface area contributed by atoms with E-state index >= 15 is 0 Å². The summed E-state index contributed by atoms with van der Waals surface area (Å²) in [4.78, 5) is 27.1. The van der Waals surface area contributed by atoms with Gasteiger partial charge in [0.1, 0.15) is 17.4 Å². The van der Waals surface area contributed by atoms with Crippen LogP contribution in [0.2, 0.25) is 0 Å². The van der Waals surface area contributed by atoms with Crippen LogP contribution in [-0.2, 0) is 11.2 Å². The Hall–Kier alpha value is -2.63. The number of benzene rings is 1. The summed E-state index contributed by atoms with van der Waals surface area (Å²) in [5, 5.41) is 0. The molecule has 1 amide bonds. The van der Waals surface area contributed by atoms with Crippen molar-refractivity contribution in [2.75, 3.05) is 38.2 Å². The Kier molecular flexibility index (Phi) is 5.55. The van der Waals surface area contributed by atoms with Crippen LogP contribution >= 0.6 is 0 Å². The molecule has 5 rings (SSSR count). The van der Waals surface area contributed by atoms with Crippen molar-refractivity contribution in [2.45, 2.75) is 51.4 Å². The summed E-state index contributed by atoms with van der Waals surface area (Å²) in [5.41, 5.74) is 3.51. The molecule has 3 aliphatic rings. The Morgan fingerprint density at radius 3 is 2.32 bits per heavy atom. The van der Waals surface area contributed by atoms with Crippen molar-refractivity contribution >= 4 is 11.7 Å². The van der Waals surface area contributed by atoms with Gasteiger partial charge < -0.3 is 14.5 Å². The number of rotatable bonds is 6. The van der Waals surface area contributed by atoms with Gasteiger partial charge in [0.05, 0.1) is 7.11 Å². The van der Waals surface area contributed by atoms with Gasteiger partial charge in [-0.15, -0.1) is 0 Å². The van der Waals surface area contributed by atoms with E-state index in [1.54, 1.807) is 7.11 Å². The van der Waals surface area contributed by atoms with Crippen molar-refractivity contribution in [2.24, 2.45) is 5.92 Å². The van der Waals surface area contributed by atoms with E-state index in [2.05, 4.69) is 28.9 Å². The lowest BCUT2D eigenvalue weighted by molar-refractivity contribution is -0.138. The van der Waals surface area contributed by atoms with Crippen molar-refractivity contribution in [3.63, 3.8) is 0 Å². The second-order valence-electron chi connectivity index (χ2n) is 9.21. The largest absolute Gasteiger partial charge is 0.497 e. The zero-order valence-electron chi connectivity index (χ0n) is 18.6. The number of amides is 1. The second kappa shape index (κ2) is 8.48. The third kappa shape index (κ3) is 4.25. The first-order valence-electron chi connectivity index (χ1n) is 11.7. The maximum Gasteiger partial charge on any atom is 0.225 e. The van der Waals surface area contributed by atoms with E-state index in [0.29, 0.717) is 11.8 Å². The minimum absolute atomic E-state index is 0.278. The molecule has 0 atom stereocenters. The molecule has 31 heavy (non-hydrogen) atoms. The van der Waals surface area contributed by atoms with Crippen LogP contribution in [0.1, 0.15) is 60.7 Å². The van der Waals surface area contributed by atoms with E-state index in [1.165, 1.54) is 30.4 Å². The zero-order valence-corrected chi connectivity index (χ0v) is 18.6. The third-order valence-corrected chi connectivity index (χ3v) is 7.04. The van der Waals surface area contributed by atoms with Crippen molar-refractivity contribution < 1.29 is 9.53 Å². The first-order chi connectivity index (χ1) is 15.1. The monoisotopic (exact) mass is 420 g/mol. The smallest absolute Gasteiger partial charge is 0.225 e. The summed E-state index contributed by atoms with van der Waals surface area (Å²) in [5.74, 6) is 4.10. The maximum absolute atomic E-state index is 12.7. The highest BCUT2D eigenvalue weighted by Crippen LogP contribution is 2.40. The van der Waals surface area contributed by atoms with E-state index in [-0.39, 0.29) is 5.92 Å². The molecule has 2 aliphatic carbocycles. The fourth-order valence-electron chi connectivity index (χ4n) is 4.59. The van der Waals surface area contributed by atoms with E-state index in [4.69, 9.17) is 14.7 Å². The van der Waals surface area contributed by atoms with Gasteiger partial charge in [0.25, 0.3) is 0 Å². The van der Waals surface area contributed by atoms with Crippen molar-refractivity contribution in [1.82, 2.24) is 14.9 Å². The van der Waals surface area contributed by atoms with Gasteiger partial charge in [0.2, 0.25) is 5.91 Å². The average molecular weight is 421 g/mol. The first-order valence-corrected chi connectivity index (χ1v) is 11.7. The highest BCUT2D eigenvalue weighted by atomic mass is 16.5. The molecule has 0 bridgehead atoms. The molecule has 1 saturated heterocycles. The number of nitrogens with zero attached hydrogens (tertiary/aromatic N) is 4. The van der Waals surface area contributed by atoms with E-state index in [9.17, 15) is 4.79 Å². The number of ether oxygens (including phenoxy) is 1. The molecule has 1 aromatic carbocycles. The van der Waals surface area contributed by atoms with Crippen LogP contribution in [0.25, 0.3) is 0 Å². The van der Waals surface area contributed by atoms with Gasteiger partial charge in [0, 0.05) is 55.7 Å². The summed E-state index contributed by atoms with van der Waals surface area (Å²) < 4.78 is 5.30. The summed E-state index contributed by atoms with van der Waals surface area (Å²) in [6.45, 7) is 5.38. The van der Waals surface area contributed by atoms with E-state index < -0.39 is 0 Å². The molecule has 2 heterocycles. The molecule has 6 nitrogen and oxygen atoms in total. The SMILES string of the molecule is COc1ccc(Cc2c(C)nc(C3CC3)nc2N2CCN(C(=O)C3CCC3)CC2)cc1. The van der Waals surface area contributed by atoms with E-state index in [0.717, 1.165) is 68.5 Å². The van der Waals surface area contributed by atoms with E-state index in [1.807, 2.05) is 12.1 Å². The highest BCUT2D eigenvalue weighted by Gasteiger charge is 2.33. The molecule has 3 fully saturated rings. The molecule has 0 spiro atoms. The Balaban J connectivity index is 1.37. The normalized spacial score (nSPS) is 19.3. The average Bonchev–Trinajstić information content (AvgIpc) is 3.60. The molecular formula is C25H32N4O2. The van der Waals surface area contributed by atoms with Gasteiger partial charge in [-0.25, -0.2) is 9.97 Å². The lowest BCUT2D eigenvalue weighted by atomic mass is 9.84. The Labute approximate surface area is 184 Å². The molecule has 0 N–H and O–H groups in total. The Morgan fingerprint density at radius 1 is 1.03 bits per heavy atom. The molecule has 0 radical (unpaired) electrons. The predicted molar refractivity (Wildman–Crippen MR) is 121 cm³/mol. The highest BCUT2D eigenvalue weighted by molar-refractivity contribution is 5.80. The lowest BCUT2D eigenvalue weighted by Crippen LogP contribution is -2.51. The second-order valence-corrected chi connectivity index (χ2v) is 9.21. The predicted octanol–water partition coefficient (Wildman–Crippen LogP) is 3.71. The van der Waals surface area contributed by atoms with Crippen molar-refractivity contribution in [3.8, 4) is 5.75 Å². The van der Waals surface area contributed by atoms with Gasteiger partial charge in [-0.05, 0) is 50.3 Å². The first kappa shape index (κ1) is 20.3. The minimum atomic E-state index is 0.278. The fraction of sp³-hybridized carbons (Fsp3) is 0.560. The number of piperazine rings is 1.